The molecule has 0 rings (SSSR count). The predicted octanol–water partition coefficient (Wildman–Crippen LogP) is 3.57. The second kappa shape index (κ2) is 5.87. The molecule has 0 aromatic carbocycles. The van der Waals surface area contributed by atoms with Crippen molar-refractivity contribution < 1.29 is 62.6 Å². The maximum atomic E-state index is 13.4. The number of ether oxygens (including phenoxy) is 1. The second-order valence-corrected chi connectivity index (χ2v) is 4.09. The van der Waals surface area contributed by atoms with Crippen molar-refractivity contribution in [1.29, 1.82) is 0 Å². The van der Waals surface area contributed by atoms with Crippen LogP contribution in [0.5, 0.6) is 0 Å². The maximum Gasteiger partial charge on any atom is 0.462 e. The van der Waals surface area contributed by atoms with Gasteiger partial charge in [-0.05, 0) is 6.92 Å². The van der Waals surface area contributed by atoms with E-state index in [1.165, 1.54) is 0 Å². The van der Waals surface area contributed by atoms with Gasteiger partial charge in [-0.15, -0.1) is 0 Å². The molecule has 3 nitrogen and oxygen atoms in total. The number of ketones is 2. The van der Waals surface area contributed by atoms with E-state index in [0.29, 0.717) is 6.92 Å². The zero-order valence-corrected chi connectivity index (χ0v) is 10.6. The number of rotatable bonds is 6. The average Bonchev–Trinajstić information content (AvgIpc) is 2.23. The van der Waals surface area contributed by atoms with Gasteiger partial charge in [0, 0.05) is 0 Å². The first kappa shape index (κ1) is 21.5. The van der Waals surface area contributed by atoms with Crippen LogP contribution < -0.4 is 0 Å². The number of hydrogen-bond acceptors (Lipinski definition) is 3. The molecule has 14 heteroatoms. The van der Waals surface area contributed by atoms with Gasteiger partial charge in [-0.2, -0.15) is 48.3 Å². The van der Waals surface area contributed by atoms with Gasteiger partial charge >= 0.3 is 30.2 Å². The first-order valence-electron chi connectivity index (χ1n) is 5.10. The fraction of sp³-hybridized carbons (Fsp3) is 0.778. The van der Waals surface area contributed by atoms with Crippen LogP contribution in [-0.4, -0.2) is 41.8 Å². The maximum absolute atomic E-state index is 13.4. The Morgan fingerprint density at radius 3 is 1.43 bits per heavy atom. The molecule has 0 saturated heterocycles. The van der Waals surface area contributed by atoms with Crippen LogP contribution in [0.4, 0.5) is 48.3 Å². The van der Waals surface area contributed by atoms with Crippen LogP contribution >= 0.6 is 0 Å². The summed E-state index contributed by atoms with van der Waals surface area (Å²) in [6.07, 6.45) is -23.0. The molecular weight excluding hydrogens is 365 g/mol. The van der Waals surface area contributed by atoms with Crippen LogP contribution in [-0.2, 0) is 14.3 Å². The van der Waals surface area contributed by atoms with E-state index in [0.717, 1.165) is 0 Å². The summed E-state index contributed by atoms with van der Waals surface area (Å²) in [5, 5.41) is 0. The smallest absolute Gasteiger partial charge is 0.300 e. The Kier molecular flexibility index (Phi) is 5.49. The first-order valence-corrected chi connectivity index (χ1v) is 5.10. The Hall–Kier alpha value is -1.47. The first-order chi connectivity index (χ1) is 9.79. The van der Waals surface area contributed by atoms with Gasteiger partial charge in [0.05, 0.1) is 6.42 Å². The van der Waals surface area contributed by atoms with Gasteiger partial charge in [0.1, 0.15) is 5.78 Å². The topological polar surface area (TPSA) is 43.4 Å². The van der Waals surface area contributed by atoms with E-state index in [-0.39, 0.29) is 0 Å². The minimum atomic E-state index is -7.25. The number of alkyl halides is 11. The lowest BCUT2D eigenvalue weighted by Crippen LogP contribution is -2.61. The molecule has 0 bridgehead atoms. The van der Waals surface area contributed by atoms with Gasteiger partial charge in [0.15, 0.2) is 0 Å². The SMILES string of the molecule is CC(=O)CC(=O)[C@@](F)(OC(F)(F)C(F)(F)C(F)(F)F)C(F)(F)F. The number of carbonyl (C=O) groups is 2. The summed E-state index contributed by atoms with van der Waals surface area (Å²) >= 11 is 0. The predicted molar refractivity (Wildman–Crippen MR) is 47.2 cm³/mol. The molecule has 0 aliphatic carbocycles. The molecule has 0 spiro atoms. The quantitative estimate of drug-likeness (QED) is 0.531. The van der Waals surface area contributed by atoms with Crippen molar-refractivity contribution in [2.75, 3.05) is 0 Å². The summed E-state index contributed by atoms with van der Waals surface area (Å²) in [5.41, 5.74) is 0. The summed E-state index contributed by atoms with van der Waals surface area (Å²) in [5.74, 6) is -18.1. The Bertz CT molecular complexity index is 478. The molecule has 0 fully saturated rings. The molecule has 23 heavy (non-hydrogen) atoms. The van der Waals surface area contributed by atoms with Crippen molar-refractivity contribution >= 4 is 11.6 Å². The molecule has 1 atom stereocenters. The third kappa shape index (κ3) is 4.09. The van der Waals surface area contributed by atoms with Gasteiger partial charge in [-0.1, -0.05) is 0 Å². The molecule has 0 saturated carbocycles. The zero-order chi connectivity index (χ0) is 19.1. The molecule has 0 N–H and O–H groups in total. The summed E-state index contributed by atoms with van der Waals surface area (Å²) in [7, 11) is 0. The molecule has 0 unspecified atom stereocenters. The Morgan fingerprint density at radius 2 is 1.17 bits per heavy atom. The van der Waals surface area contributed by atoms with Gasteiger partial charge in [-0.3, -0.25) is 14.3 Å². The van der Waals surface area contributed by atoms with E-state index in [4.69, 9.17) is 0 Å². The van der Waals surface area contributed by atoms with E-state index >= 15 is 0 Å². The van der Waals surface area contributed by atoms with Crippen LogP contribution in [0.25, 0.3) is 0 Å². The van der Waals surface area contributed by atoms with E-state index in [9.17, 15) is 57.9 Å². The lowest BCUT2D eigenvalue weighted by atomic mass is 10.1. The van der Waals surface area contributed by atoms with E-state index in [1.54, 1.807) is 0 Å². The average molecular weight is 370 g/mol. The van der Waals surface area contributed by atoms with Crippen LogP contribution in [0.3, 0.4) is 0 Å². The highest BCUT2D eigenvalue weighted by atomic mass is 19.4. The van der Waals surface area contributed by atoms with Crippen molar-refractivity contribution in [2.45, 2.75) is 43.6 Å². The van der Waals surface area contributed by atoms with E-state index in [2.05, 4.69) is 0 Å². The van der Waals surface area contributed by atoms with Crippen molar-refractivity contribution in [3.63, 3.8) is 0 Å². The summed E-state index contributed by atoms with van der Waals surface area (Å²) < 4.78 is 138. The molecule has 0 radical (unpaired) electrons. The molecule has 0 heterocycles. The zero-order valence-electron chi connectivity index (χ0n) is 10.6. The normalized spacial score (nSPS) is 16.9. The number of carbonyl (C=O) groups excluding carboxylic acids is 2. The van der Waals surface area contributed by atoms with E-state index in [1.807, 2.05) is 4.74 Å². The Balaban J connectivity index is 5.92. The Labute approximate surface area is 119 Å². The minimum absolute atomic E-state index is 0.400. The van der Waals surface area contributed by atoms with Crippen LogP contribution in [0.1, 0.15) is 13.3 Å². The van der Waals surface area contributed by atoms with Crippen LogP contribution in [0.2, 0.25) is 0 Å². The van der Waals surface area contributed by atoms with Crippen LogP contribution in [0, 0.1) is 0 Å². The van der Waals surface area contributed by atoms with Crippen LogP contribution in [0.15, 0.2) is 0 Å². The van der Waals surface area contributed by atoms with E-state index < -0.39 is 48.2 Å². The fourth-order valence-electron chi connectivity index (χ4n) is 1.02. The summed E-state index contributed by atoms with van der Waals surface area (Å²) in [6.45, 7) is 0.400. The molecule has 0 amide bonds. The van der Waals surface area contributed by atoms with Gasteiger partial charge in [0.2, 0.25) is 5.78 Å². The van der Waals surface area contributed by atoms with Crippen molar-refractivity contribution in [1.82, 2.24) is 0 Å². The van der Waals surface area contributed by atoms with Crippen molar-refractivity contribution in [2.24, 2.45) is 0 Å². The highest BCUT2D eigenvalue weighted by Crippen LogP contribution is 2.51. The van der Waals surface area contributed by atoms with Gasteiger partial charge in [0.25, 0.3) is 0 Å². The summed E-state index contributed by atoms with van der Waals surface area (Å²) in [4.78, 5) is 21.3. The molecule has 0 aromatic heterocycles. The second-order valence-electron chi connectivity index (χ2n) is 4.09. The highest BCUT2D eigenvalue weighted by molar-refractivity contribution is 6.01. The molecule has 0 aliphatic rings. The molecule has 0 aromatic rings. The number of halogens is 11. The fourth-order valence-corrected chi connectivity index (χ4v) is 1.02. The largest absolute Gasteiger partial charge is 0.462 e. The highest BCUT2D eigenvalue weighted by Gasteiger charge is 2.79. The third-order valence-electron chi connectivity index (χ3n) is 2.12. The summed E-state index contributed by atoms with van der Waals surface area (Å²) in [6, 6.07) is 0. The number of hydrogen-bond donors (Lipinski definition) is 0. The molecular formula is C9H5F11O3. The third-order valence-corrected chi connectivity index (χ3v) is 2.12. The molecule has 136 valence electrons. The van der Waals surface area contributed by atoms with Crippen molar-refractivity contribution in [3.05, 3.63) is 0 Å². The molecule has 0 aliphatic heterocycles. The van der Waals surface area contributed by atoms with Crippen molar-refractivity contribution in [3.8, 4) is 0 Å². The standard InChI is InChI=1S/C9H5F11O3/c1-3(21)2-4(22)5(10,7(13,14)15)23-9(19,20)6(11,12)8(16,17)18/h2H2,1H3/t5-/m1/s1. The monoisotopic (exact) mass is 370 g/mol. The van der Waals surface area contributed by atoms with Gasteiger partial charge < -0.3 is 0 Å². The Morgan fingerprint density at radius 1 is 0.783 bits per heavy atom. The number of Topliss-reactive ketones (excluding diaryl/α,β-unsaturated/α-hetero) is 2. The lowest BCUT2D eigenvalue weighted by molar-refractivity contribution is -0.472. The lowest BCUT2D eigenvalue weighted by Gasteiger charge is -2.34. The van der Waals surface area contributed by atoms with Gasteiger partial charge in [-0.25, -0.2) is 0 Å². The minimum Gasteiger partial charge on any atom is -0.300 e.